The van der Waals surface area contributed by atoms with Crippen LogP contribution in [0.1, 0.15) is 25.7 Å². The zero-order chi connectivity index (χ0) is 5.98. The van der Waals surface area contributed by atoms with Crippen LogP contribution in [0.5, 0.6) is 0 Å². The Kier molecular flexibility index (Phi) is 4.19. The van der Waals surface area contributed by atoms with Gasteiger partial charge in [0, 0.05) is 6.04 Å². The van der Waals surface area contributed by atoms with Crippen molar-refractivity contribution in [3.05, 3.63) is 0 Å². The van der Waals surface area contributed by atoms with E-state index in [-0.39, 0.29) is 18.5 Å². The molecule has 1 aliphatic carbocycles. The van der Waals surface area contributed by atoms with Gasteiger partial charge in [-0.15, -0.1) is 12.4 Å². The number of halogens is 1. The van der Waals surface area contributed by atoms with Crippen LogP contribution in [-0.4, -0.2) is 17.3 Å². The first-order chi connectivity index (χ1) is 3.79. The minimum atomic E-state index is -0.0604. The van der Waals surface area contributed by atoms with Crippen LogP contribution in [0.3, 0.4) is 0 Å². The molecule has 0 spiro atoms. The van der Waals surface area contributed by atoms with E-state index in [1.54, 1.807) is 0 Å². The van der Waals surface area contributed by atoms with E-state index >= 15 is 0 Å². The Morgan fingerprint density at radius 1 is 1.11 bits per heavy atom. The molecule has 1 aliphatic rings. The molecule has 0 heterocycles. The topological polar surface area (TPSA) is 46.2 Å². The van der Waals surface area contributed by atoms with E-state index in [1.807, 2.05) is 0 Å². The van der Waals surface area contributed by atoms with Crippen molar-refractivity contribution in [1.82, 2.24) is 0 Å². The van der Waals surface area contributed by atoms with Crippen molar-refractivity contribution in [3.63, 3.8) is 0 Å². The van der Waals surface area contributed by atoms with E-state index in [1.165, 1.54) is 0 Å². The van der Waals surface area contributed by atoms with Crippen molar-refractivity contribution in [2.75, 3.05) is 0 Å². The fourth-order valence-electron chi connectivity index (χ4n) is 1.10. The molecule has 1 fully saturated rings. The van der Waals surface area contributed by atoms with Crippen molar-refractivity contribution >= 4 is 12.4 Å². The first kappa shape index (κ1) is 9.21. The summed E-state index contributed by atoms with van der Waals surface area (Å²) in [7, 11) is 0. The average molecular weight is 152 g/mol. The lowest BCUT2D eigenvalue weighted by Gasteiger charge is -2.21. The maximum Gasteiger partial charge on any atom is 0.0541 e. The maximum atomic E-state index is 8.97. The molecule has 1 saturated carbocycles. The Morgan fingerprint density at radius 2 is 1.56 bits per heavy atom. The van der Waals surface area contributed by atoms with Gasteiger partial charge in [-0.25, -0.2) is 0 Å². The standard InChI is InChI=1S/C6H13NO.ClH/c7-5-1-3-6(8)4-2-5;/h5-6,8H,1-4,7H2;1H/t5-,6+;. The molecule has 3 N–H and O–H groups in total. The summed E-state index contributed by atoms with van der Waals surface area (Å²) >= 11 is 0. The normalized spacial score (nSPS) is 35.3. The SMILES string of the molecule is Cl.N[C@H]1CC[C@@H](O)CC1. The minimum absolute atomic E-state index is 0. The second-order valence-corrected chi connectivity index (χ2v) is 2.57. The molecule has 0 amide bonds. The maximum absolute atomic E-state index is 8.97. The van der Waals surface area contributed by atoms with Crippen LogP contribution in [0.4, 0.5) is 0 Å². The summed E-state index contributed by atoms with van der Waals surface area (Å²) in [5, 5.41) is 8.97. The van der Waals surface area contributed by atoms with Crippen LogP contribution in [0.15, 0.2) is 0 Å². The summed E-state index contributed by atoms with van der Waals surface area (Å²) in [5.74, 6) is 0. The van der Waals surface area contributed by atoms with Crippen molar-refractivity contribution in [3.8, 4) is 0 Å². The average Bonchev–Trinajstić information content (AvgIpc) is 1.77. The van der Waals surface area contributed by atoms with Gasteiger partial charge in [-0.3, -0.25) is 0 Å². The third-order valence-electron chi connectivity index (χ3n) is 1.74. The van der Waals surface area contributed by atoms with Gasteiger partial charge in [0.2, 0.25) is 0 Å². The molecule has 0 radical (unpaired) electrons. The minimum Gasteiger partial charge on any atom is -0.393 e. The highest BCUT2D eigenvalue weighted by Crippen LogP contribution is 2.15. The molecule has 1 rings (SSSR count). The number of hydrogen-bond donors (Lipinski definition) is 2. The Morgan fingerprint density at radius 3 is 1.89 bits per heavy atom. The monoisotopic (exact) mass is 151 g/mol. The zero-order valence-corrected chi connectivity index (χ0v) is 6.23. The van der Waals surface area contributed by atoms with E-state index in [0.29, 0.717) is 6.04 Å². The Bertz CT molecular complexity index is 61.5. The van der Waals surface area contributed by atoms with Gasteiger partial charge in [0.1, 0.15) is 0 Å². The molecule has 0 aromatic carbocycles. The number of aliphatic hydroxyl groups is 1. The van der Waals surface area contributed by atoms with E-state index in [2.05, 4.69) is 0 Å². The molecule has 0 saturated heterocycles. The Labute approximate surface area is 61.8 Å². The van der Waals surface area contributed by atoms with E-state index in [4.69, 9.17) is 10.8 Å². The lowest BCUT2D eigenvalue weighted by molar-refractivity contribution is 0.123. The Balaban J connectivity index is 0.000000640. The number of aliphatic hydroxyl groups excluding tert-OH is 1. The molecule has 56 valence electrons. The molecule has 0 aromatic rings. The predicted molar refractivity (Wildman–Crippen MR) is 39.7 cm³/mol. The molecular weight excluding hydrogens is 138 g/mol. The highest BCUT2D eigenvalue weighted by Gasteiger charge is 2.14. The summed E-state index contributed by atoms with van der Waals surface area (Å²) in [6.07, 6.45) is 3.75. The summed E-state index contributed by atoms with van der Waals surface area (Å²) in [4.78, 5) is 0. The lowest BCUT2D eigenvalue weighted by atomic mass is 9.94. The first-order valence-electron chi connectivity index (χ1n) is 3.22. The van der Waals surface area contributed by atoms with Crippen LogP contribution in [0, 0.1) is 0 Å². The molecule has 0 aromatic heterocycles. The van der Waals surface area contributed by atoms with E-state index in [0.717, 1.165) is 25.7 Å². The molecule has 0 aliphatic heterocycles. The van der Waals surface area contributed by atoms with Gasteiger partial charge < -0.3 is 10.8 Å². The third-order valence-corrected chi connectivity index (χ3v) is 1.74. The molecule has 0 unspecified atom stereocenters. The third kappa shape index (κ3) is 3.04. The number of hydrogen-bond acceptors (Lipinski definition) is 2. The summed E-state index contributed by atoms with van der Waals surface area (Å²) in [6.45, 7) is 0. The van der Waals surface area contributed by atoms with Gasteiger partial charge in [0.25, 0.3) is 0 Å². The van der Waals surface area contributed by atoms with E-state index in [9.17, 15) is 0 Å². The molecule has 9 heavy (non-hydrogen) atoms. The summed E-state index contributed by atoms with van der Waals surface area (Å²) in [5.41, 5.74) is 5.59. The predicted octanol–water partition coefficient (Wildman–Crippen LogP) is 0.670. The molecule has 2 nitrogen and oxygen atoms in total. The molecule has 3 heteroatoms. The quantitative estimate of drug-likeness (QED) is 0.535. The van der Waals surface area contributed by atoms with Gasteiger partial charge in [-0.1, -0.05) is 0 Å². The van der Waals surface area contributed by atoms with Crippen molar-refractivity contribution < 1.29 is 5.11 Å². The van der Waals surface area contributed by atoms with Crippen molar-refractivity contribution in [1.29, 1.82) is 0 Å². The van der Waals surface area contributed by atoms with E-state index < -0.39 is 0 Å². The van der Waals surface area contributed by atoms with Crippen molar-refractivity contribution in [2.24, 2.45) is 5.73 Å². The zero-order valence-electron chi connectivity index (χ0n) is 5.42. The molecule has 0 bridgehead atoms. The second-order valence-electron chi connectivity index (χ2n) is 2.57. The molecule has 0 atom stereocenters. The first-order valence-corrected chi connectivity index (χ1v) is 3.22. The fourth-order valence-corrected chi connectivity index (χ4v) is 1.10. The van der Waals surface area contributed by atoms with Crippen LogP contribution < -0.4 is 5.73 Å². The van der Waals surface area contributed by atoms with Gasteiger partial charge in [0.05, 0.1) is 6.10 Å². The van der Waals surface area contributed by atoms with Crippen LogP contribution in [0.2, 0.25) is 0 Å². The van der Waals surface area contributed by atoms with Crippen LogP contribution >= 0.6 is 12.4 Å². The largest absolute Gasteiger partial charge is 0.393 e. The smallest absolute Gasteiger partial charge is 0.0541 e. The summed E-state index contributed by atoms with van der Waals surface area (Å²) in [6, 6.07) is 0.360. The molecular formula is C6H14ClNO. The van der Waals surface area contributed by atoms with Crippen LogP contribution in [-0.2, 0) is 0 Å². The Hall–Kier alpha value is 0.210. The lowest BCUT2D eigenvalue weighted by Crippen LogP contribution is -2.28. The number of rotatable bonds is 0. The number of nitrogens with two attached hydrogens (primary N) is 1. The van der Waals surface area contributed by atoms with Gasteiger partial charge in [0.15, 0.2) is 0 Å². The second kappa shape index (κ2) is 4.09. The highest BCUT2D eigenvalue weighted by atomic mass is 35.5. The van der Waals surface area contributed by atoms with Gasteiger partial charge in [-0.05, 0) is 25.7 Å². The summed E-state index contributed by atoms with van der Waals surface area (Å²) < 4.78 is 0. The fraction of sp³-hybridized carbons (Fsp3) is 1.00. The van der Waals surface area contributed by atoms with Crippen LogP contribution in [0.25, 0.3) is 0 Å². The highest BCUT2D eigenvalue weighted by molar-refractivity contribution is 5.85. The van der Waals surface area contributed by atoms with Gasteiger partial charge >= 0.3 is 0 Å². The van der Waals surface area contributed by atoms with Gasteiger partial charge in [-0.2, -0.15) is 0 Å². The van der Waals surface area contributed by atoms with Crippen molar-refractivity contribution in [2.45, 2.75) is 37.8 Å².